The van der Waals surface area contributed by atoms with E-state index < -0.39 is 10.0 Å². The van der Waals surface area contributed by atoms with Crippen molar-refractivity contribution in [3.63, 3.8) is 0 Å². The van der Waals surface area contributed by atoms with E-state index in [1.165, 1.54) is 11.4 Å². The fourth-order valence-corrected chi connectivity index (χ4v) is 3.79. The zero-order valence-corrected chi connectivity index (χ0v) is 11.6. The second kappa shape index (κ2) is 4.74. The number of benzene rings is 1. The number of para-hydroxylation sites is 1. The van der Waals surface area contributed by atoms with E-state index in [9.17, 15) is 8.42 Å². The van der Waals surface area contributed by atoms with E-state index in [1.54, 1.807) is 18.2 Å². The highest BCUT2D eigenvalue weighted by atomic mass is 32.2. The van der Waals surface area contributed by atoms with Gasteiger partial charge in [-0.05, 0) is 18.6 Å². The quantitative estimate of drug-likeness (QED) is 0.835. The summed E-state index contributed by atoms with van der Waals surface area (Å²) in [5, 5.41) is 0. The molecule has 0 spiro atoms. The van der Waals surface area contributed by atoms with Gasteiger partial charge in [-0.3, -0.25) is 4.31 Å². The van der Waals surface area contributed by atoms with Gasteiger partial charge in [0.2, 0.25) is 10.0 Å². The normalized spacial score (nSPS) is 17.7. The van der Waals surface area contributed by atoms with Crippen molar-refractivity contribution in [2.75, 3.05) is 23.7 Å². The summed E-state index contributed by atoms with van der Waals surface area (Å²) in [6, 6.07) is 5.14. The van der Waals surface area contributed by atoms with Gasteiger partial charge in [0.1, 0.15) is 16.4 Å². The van der Waals surface area contributed by atoms with Crippen LogP contribution in [0.4, 0.5) is 5.69 Å². The predicted molar refractivity (Wildman–Crippen MR) is 74.6 cm³/mol. The maximum atomic E-state index is 12.0. The molecular weight excluding hydrogens is 272 g/mol. The summed E-state index contributed by atoms with van der Waals surface area (Å²) in [5.41, 5.74) is 6.62. The van der Waals surface area contributed by atoms with Gasteiger partial charge in [-0.15, -0.1) is 0 Å². The van der Waals surface area contributed by atoms with Gasteiger partial charge in [0.05, 0.1) is 12.9 Å². The van der Waals surface area contributed by atoms with Crippen molar-refractivity contribution < 1.29 is 13.2 Å². The molecule has 0 aromatic heterocycles. The van der Waals surface area contributed by atoms with Gasteiger partial charge in [-0.25, -0.2) is 8.42 Å². The molecular formula is C11H14N2O3S2. The van der Waals surface area contributed by atoms with Crippen molar-refractivity contribution in [2.24, 2.45) is 5.73 Å². The third kappa shape index (κ3) is 2.15. The lowest BCUT2D eigenvalue weighted by atomic mass is 10.1. The second-order valence-corrected chi connectivity index (χ2v) is 6.42. The molecule has 7 heteroatoms. The Morgan fingerprint density at radius 2 is 2.22 bits per heavy atom. The Balaban J connectivity index is 2.65. The molecule has 1 aliphatic rings. The van der Waals surface area contributed by atoms with Crippen LogP contribution in [0, 0.1) is 0 Å². The summed E-state index contributed by atoms with van der Waals surface area (Å²) in [5.74, 6) is 0.604. The molecule has 0 unspecified atom stereocenters. The van der Waals surface area contributed by atoms with Crippen molar-refractivity contribution in [1.29, 1.82) is 0 Å². The Bertz CT molecular complexity index is 584. The van der Waals surface area contributed by atoms with Crippen LogP contribution in [-0.2, 0) is 10.0 Å². The predicted octanol–water partition coefficient (Wildman–Crippen LogP) is 0.869. The molecule has 1 heterocycles. The molecule has 1 aromatic rings. The minimum Gasteiger partial charge on any atom is -0.495 e. The Hall–Kier alpha value is -1.34. The van der Waals surface area contributed by atoms with Crippen molar-refractivity contribution in [2.45, 2.75) is 6.42 Å². The number of thiocarbonyl (C=S) groups is 1. The maximum Gasteiger partial charge on any atom is 0.235 e. The number of anilines is 1. The summed E-state index contributed by atoms with van der Waals surface area (Å²) in [7, 11) is -1.80. The molecule has 0 amide bonds. The third-order valence-electron chi connectivity index (χ3n) is 2.83. The van der Waals surface area contributed by atoms with Crippen LogP contribution in [0.2, 0.25) is 0 Å². The zero-order valence-electron chi connectivity index (χ0n) is 9.92. The fraction of sp³-hybridized carbons (Fsp3) is 0.364. The van der Waals surface area contributed by atoms with Crippen molar-refractivity contribution in [3.8, 4) is 5.75 Å². The van der Waals surface area contributed by atoms with Crippen LogP contribution < -0.4 is 14.8 Å². The largest absolute Gasteiger partial charge is 0.495 e. The number of rotatable bonds is 3. The van der Waals surface area contributed by atoms with Crippen molar-refractivity contribution >= 4 is 32.9 Å². The van der Waals surface area contributed by atoms with Gasteiger partial charge in [-0.2, -0.15) is 0 Å². The molecule has 5 nitrogen and oxygen atoms in total. The summed E-state index contributed by atoms with van der Waals surface area (Å²) >= 11 is 4.97. The lowest BCUT2D eigenvalue weighted by Gasteiger charge is -2.22. The molecule has 0 aliphatic carbocycles. The van der Waals surface area contributed by atoms with Gasteiger partial charge in [0, 0.05) is 12.1 Å². The molecule has 18 heavy (non-hydrogen) atoms. The van der Waals surface area contributed by atoms with Gasteiger partial charge in [-0.1, -0.05) is 18.3 Å². The number of methoxy groups -OCH3 is 1. The number of sulfonamides is 1. The average Bonchev–Trinajstić information content (AvgIpc) is 2.67. The smallest absolute Gasteiger partial charge is 0.235 e. The SMILES string of the molecule is COc1cccc(C(N)=S)c1N1CCCS1(=O)=O. The molecule has 98 valence electrons. The Labute approximate surface area is 112 Å². The average molecular weight is 286 g/mol. The first kappa shape index (κ1) is 13.1. The molecule has 0 bridgehead atoms. The molecule has 2 N–H and O–H groups in total. The van der Waals surface area contributed by atoms with Crippen molar-refractivity contribution in [3.05, 3.63) is 23.8 Å². The number of nitrogens with zero attached hydrogens (tertiary/aromatic N) is 1. The van der Waals surface area contributed by atoms with Crippen molar-refractivity contribution in [1.82, 2.24) is 0 Å². The number of hydrogen-bond acceptors (Lipinski definition) is 4. The molecule has 1 aliphatic heterocycles. The summed E-state index contributed by atoms with van der Waals surface area (Å²) < 4.78 is 30.5. The van der Waals surface area contributed by atoms with Crippen LogP contribution in [0.3, 0.4) is 0 Å². The third-order valence-corrected chi connectivity index (χ3v) is 4.89. The highest BCUT2D eigenvalue weighted by Gasteiger charge is 2.32. The molecule has 0 saturated carbocycles. The fourth-order valence-electron chi connectivity index (χ4n) is 2.03. The van der Waals surface area contributed by atoms with Crippen LogP contribution in [0.25, 0.3) is 0 Å². The summed E-state index contributed by atoms with van der Waals surface area (Å²) in [6.07, 6.45) is 0.594. The van der Waals surface area contributed by atoms with Gasteiger partial charge in [0.25, 0.3) is 0 Å². The van der Waals surface area contributed by atoms with E-state index in [0.717, 1.165) is 0 Å². The van der Waals surface area contributed by atoms with E-state index in [0.29, 0.717) is 30.0 Å². The first-order valence-electron chi connectivity index (χ1n) is 5.44. The molecule has 0 atom stereocenters. The Morgan fingerprint density at radius 3 is 2.72 bits per heavy atom. The molecule has 1 fully saturated rings. The second-order valence-electron chi connectivity index (χ2n) is 3.96. The topological polar surface area (TPSA) is 72.6 Å². The molecule has 1 saturated heterocycles. The summed E-state index contributed by atoms with van der Waals surface area (Å²) in [4.78, 5) is 0.158. The van der Waals surface area contributed by atoms with Crippen LogP contribution in [0.15, 0.2) is 18.2 Å². The minimum absolute atomic E-state index is 0.141. The van der Waals surface area contributed by atoms with Crippen LogP contribution in [-0.4, -0.2) is 32.8 Å². The molecule has 0 radical (unpaired) electrons. The standard InChI is InChI=1S/C11H14N2O3S2/c1-16-9-5-2-4-8(11(12)17)10(9)13-6-3-7-18(13,14)15/h2,4-5H,3,6-7H2,1H3,(H2,12,17). The van der Waals surface area contributed by atoms with E-state index in [1.807, 2.05) is 0 Å². The highest BCUT2D eigenvalue weighted by Crippen LogP contribution is 2.36. The van der Waals surface area contributed by atoms with Crippen LogP contribution in [0.1, 0.15) is 12.0 Å². The molecule has 1 aromatic carbocycles. The lowest BCUT2D eigenvalue weighted by molar-refractivity contribution is 0.415. The summed E-state index contributed by atoms with van der Waals surface area (Å²) in [6.45, 7) is 0.429. The van der Waals surface area contributed by atoms with Gasteiger partial charge in [0.15, 0.2) is 0 Å². The van der Waals surface area contributed by atoms with E-state index in [2.05, 4.69) is 0 Å². The molecule has 2 rings (SSSR count). The van der Waals surface area contributed by atoms with Gasteiger partial charge < -0.3 is 10.5 Å². The zero-order chi connectivity index (χ0) is 13.3. The first-order valence-corrected chi connectivity index (χ1v) is 7.46. The van der Waals surface area contributed by atoms with E-state index >= 15 is 0 Å². The first-order chi connectivity index (χ1) is 8.47. The lowest BCUT2D eigenvalue weighted by Crippen LogP contribution is -2.28. The van der Waals surface area contributed by atoms with Crippen LogP contribution >= 0.6 is 12.2 Å². The van der Waals surface area contributed by atoms with E-state index in [4.69, 9.17) is 22.7 Å². The number of nitrogens with two attached hydrogens (primary N) is 1. The number of hydrogen-bond donors (Lipinski definition) is 1. The Kier molecular flexibility index (Phi) is 3.45. The highest BCUT2D eigenvalue weighted by molar-refractivity contribution is 7.93. The monoisotopic (exact) mass is 286 g/mol. The number of ether oxygens (including phenoxy) is 1. The van der Waals surface area contributed by atoms with Gasteiger partial charge >= 0.3 is 0 Å². The Morgan fingerprint density at radius 1 is 1.50 bits per heavy atom. The van der Waals surface area contributed by atoms with Crippen LogP contribution in [0.5, 0.6) is 5.75 Å². The van der Waals surface area contributed by atoms with E-state index in [-0.39, 0.29) is 10.7 Å². The maximum absolute atomic E-state index is 12.0. The minimum atomic E-state index is -3.29.